The summed E-state index contributed by atoms with van der Waals surface area (Å²) in [4.78, 5) is 10.3. The van der Waals surface area contributed by atoms with Crippen molar-refractivity contribution in [3.8, 4) is 17.0 Å². The van der Waals surface area contributed by atoms with Crippen LogP contribution in [0.4, 0.5) is 13.2 Å². The number of halogens is 3. The number of hydrogen-bond donors (Lipinski definition) is 1. The van der Waals surface area contributed by atoms with Crippen LogP contribution in [0.2, 0.25) is 0 Å². The second-order valence-electron chi connectivity index (χ2n) is 6.70. The summed E-state index contributed by atoms with van der Waals surface area (Å²) in [6.07, 6.45) is 1.13. The highest BCUT2D eigenvalue weighted by Crippen LogP contribution is 2.24. The number of aromatic amines is 1. The molecular formula is C21H21F3N6O. The van der Waals surface area contributed by atoms with Crippen LogP contribution in [0.25, 0.3) is 17.0 Å². The Morgan fingerprint density at radius 3 is 2.81 bits per heavy atom. The van der Waals surface area contributed by atoms with Crippen LogP contribution in [0, 0.1) is 0 Å². The van der Waals surface area contributed by atoms with Gasteiger partial charge >= 0.3 is 6.18 Å². The molecule has 0 spiro atoms. The van der Waals surface area contributed by atoms with Crippen LogP contribution in [0.3, 0.4) is 0 Å². The van der Waals surface area contributed by atoms with Gasteiger partial charge in [-0.25, -0.2) is 0 Å². The number of H-pyrrole nitrogens is 1. The third-order valence-corrected chi connectivity index (χ3v) is 4.34. The second kappa shape index (κ2) is 9.88. The minimum atomic E-state index is -4.38. The molecule has 1 N–H and O–H groups in total. The average molecular weight is 430 g/mol. The predicted molar refractivity (Wildman–Crippen MR) is 111 cm³/mol. The lowest BCUT2D eigenvalue weighted by Crippen LogP contribution is -2.20. The van der Waals surface area contributed by atoms with Gasteiger partial charge in [-0.15, -0.1) is 0 Å². The van der Waals surface area contributed by atoms with Gasteiger partial charge in [0.25, 0.3) is 0 Å². The number of pyridine rings is 1. The van der Waals surface area contributed by atoms with Crippen molar-refractivity contribution in [1.29, 1.82) is 0 Å². The summed E-state index contributed by atoms with van der Waals surface area (Å²) in [5.74, 6) is 0.223. The van der Waals surface area contributed by atoms with Gasteiger partial charge in [0.2, 0.25) is 0 Å². The van der Waals surface area contributed by atoms with Gasteiger partial charge < -0.3 is 9.64 Å². The second-order valence-corrected chi connectivity index (χ2v) is 6.70. The molecule has 7 nitrogen and oxygen atoms in total. The van der Waals surface area contributed by atoms with E-state index in [1.54, 1.807) is 36.8 Å². The fourth-order valence-electron chi connectivity index (χ4n) is 2.84. The van der Waals surface area contributed by atoms with Crippen molar-refractivity contribution in [2.45, 2.75) is 12.6 Å². The average Bonchev–Trinajstić information content (AvgIpc) is 3.30. The molecule has 0 aliphatic heterocycles. The largest absolute Gasteiger partial charge is 0.484 e. The number of rotatable bonds is 9. The highest BCUT2D eigenvalue weighted by Gasteiger charge is 2.28. The fraction of sp³-hybridized carbons (Fsp3) is 0.238. The van der Waals surface area contributed by atoms with Gasteiger partial charge in [0, 0.05) is 31.6 Å². The zero-order valence-corrected chi connectivity index (χ0v) is 16.8. The first kappa shape index (κ1) is 22.0. The first-order valence-electron chi connectivity index (χ1n) is 9.34. The quantitative estimate of drug-likeness (QED) is 0.520. The van der Waals surface area contributed by atoms with Crippen LogP contribution in [0.1, 0.15) is 11.3 Å². The van der Waals surface area contributed by atoms with E-state index >= 15 is 0 Å². The summed E-state index contributed by atoms with van der Waals surface area (Å²) in [5.41, 5.74) is 3.35. The van der Waals surface area contributed by atoms with Gasteiger partial charge in [-0.1, -0.05) is 18.2 Å². The smallest absolute Gasteiger partial charge is 0.422 e. The third kappa shape index (κ3) is 6.39. The van der Waals surface area contributed by atoms with E-state index in [1.165, 1.54) is 6.07 Å². The van der Waals surface area contributed by atoms with E-state index in [-0.39, 0.29) is 5.75 Å². The first-order valence-corrected chi connectivity index (χ1v) is 9.34. The molecule has 31 heavy (non-hydrogen) atoms. The van der Waals surface area contributed by atoms with E-state index in [9.17, 15) is 13.2 Å². The number of hydrogen-bond acceptors (Lipinski definition) is 6. The Morgan fingerprint density at radius 1 is 1.29 bits per heavy atom. The van der Waals surface area contributed by atoms with Gasteiger partial charge in [0.05, 0.1) is 11.9 Å². The molecule has 0 fully saturated rings. The van der Waals surface area contributed by atoms with Crippen molar-refractivity contribution in [3.63, 3.8) is 0 Å². The molecule has 2 aromatic heterocycles. The number of aromatic nitrogens is 4. The van der Waals surface area contributed by atoms with Crippen molar-refractivity contribution >= 4 is 12.4 Å². The Labute approximate surface area is 177 Å². The molecule has 1 aromatic carbocycles. The lowest BCUT2D eigenvalue weighted by molar-refractivity contribution is -0.153. The molecule has 2 heterocycles. The van der Waals surface area contributed by atoms with Gasteiger partial charge in [0.1, 0.15) is 17.1 Å². The molecule has 0 aliphatic rings. The van der Waals surface area contributed by atoms with Gasteiger partial charge in [0.15, 0.2) is 6.61 Å². The molecule has 0 saturated carbocycles. The summed E-state index contributed by atoms with van der Waals surface area (Å²) in [7, 11) is 1.84. The van der Waals surface area contributed by atoms with E-state index in [4.69, 9.17) is 4.74 Å². The molecule has 10 heteroatoms. The maximum absolute atomic E-state index is 12.5. The van der Waals surface area contributed by atoms with E-state index in [2.05, 4.69) is 32.1 Å². The molecule has 3 aromatic rings. The van der Waals surface area contributed by atoms with Gasteiger partial charge in [-0.05, 0) is 36.9 Å². The van der Waals surface area contributed by atoms with Crippen molar-refractivity contribution < 1.29 is 17.9 Å². The van der Waals surface area contributed by atoms with Crippen LogP contribution < -0.4 is 4.74 Å². The topological polar surface area (TPSA) is 79.3 Å². The first-order chi connectivity index (χ1) is 14.9. The summed E-state index contributed by atoms with van der Waals surface area (Å²) in [6, 6.07) is 10.3. The van der Waals surface area contributed by atoms with E-state index in [0.717, 1.165) is 5.56 Å². The lowest BCUT2D eigenvalue weighted by Gasteiger charge is -2.17. The number of aliphatic imine (C=N–C) groups is 1. The Bertz CT molecular complexity index is 1030. The number of benzene rings is 1. The van der Waals surface area contributed by atoms with E-state index in [0.29, 0.717) is 35.6 Å². The maximum Gasteiger partial charge on any atom is 0.422 e. The van der Waals surface area contributed by atoms with Gasteiger partial charge in [-0.2, -0.15) is 28.6 Å². The van der Waals surface area contributed by atoms with Gasteiger partial charge in [-0.3, -0.25) is 9.98 Å². The number of nitrogens with zero attached hydrogens (tertiary/aromatic N) is 5. The third-order valence-electron chi connectivity index (χ3n) is 4.34. The summed E-state index contributed by atoms with van der Waals surface area (Å²) < 4.78 is 42.4. The van der Waals surface area contributed by atoms with Crippen LogP contribution >= 0.6 is 0 Å². The zero-order valence-electron chi connectivity index (χ0n) is 16.8. The molecule has 162 valence electrons. The summed E-state index contributed by atoms with van der Waals surface area (Å²) >= 11 is 0. The number of nitrogens with one attached hydrogen (secondary N) is 1. The number of alkyl halides is 3. The molecular weight excluding hydrogens is 409 g/mol. The van der Waals surface area contributed by atoms with Crippen LogP contribution in [0.15, 0.2) is 60.0 Å². The number of para-hydroxylation sites is 1. The van der Waals surface area contributed by atoms with E-state index < -0.39 is 12.8 Å². The maximum atomic E-state index is 12.5. The molecule has 0 bridgehead atoms. The highest BCUT2D eigenvalue weighted by molar-refractivity contribution is 5.69. The van der Waals surface area contributed by atoms with Crippen molar-refractivity contribution in [2.24, 2.45) is 4.99 Å². The standard InChI is InChI=1S/C21H21F3N6O/c1-25-19(17-11-16(7-9-26-17)18-12-27-29-28-18)13-30(2)10-8-15-5-3-4-6-20(15)31-14-21(22,23)24/h3-7,9,11-13H,1,8,10,14H2,2H3,(H,27,28,29)/b19-13-. The SMILES string of the molecule is C=N/C(=C\N(C)CCc1ccccc1OCC(F)(F)F)c1cc(-c2cn[nH]n2)ccn1. The molecule has 3 rings (SSSR count). The highest BCUT2D eigenvalue weighted by atomic mass is 19.4. The fourth-order valence-corrected chi connectivity index (χ4v) is 2.84. The summed E-state index contributed by atoms with van der Waals surface area (Å²) in [5, 5.41) is 10.4. The Morgan fingerprint density at radius 2 is 2.10 bits per heavy atom. The molecule has 0 atom stereocenters. The summed E-state index contributed by atoms with van der Waals surface area (Å²) in [6.45, 7) is 2.82. The number of ether oxygens (including phenoxy) is 1. The monoisotopic (exact) mass is 430 g/mol. The zero-order chi connectivity index (χ0) is 22.3. The van der Waals surface area contributed by atoms with Crippen molar-refractivity contribution in [1.82, 2.24) is 25.3 Å². The van der Waals surface area contributed by atoms with Crippen LogP contribution in [0.5, 0.6) is 5.75 Å². The Kier molecular flexibility index (Phi) is 7.01. The van der Waals surface area contributed by atoms with Crippen LogP contribution in [-0.2, 0) is 6.42 Å². The lowest BCUT2D eigenvalue weighted by atomic mass is 10.1. The van der Waals surface area contributed by atoms with Crippen LogP contribution in [-0.4, -0.2) is 58.4 Å². The molecule has 0 unspecified atom stereocenters. The van der Waals surface area contributed by atoms with Crippen molar-refractivity contribution in [2.75, 3.05) is 20.2 Å². The molecule has 0 radical (unpaired) electrons. The minimum Gasteiger partial charge on any atom is -0.484 e. The van der Waals surface area contributed by atoms with Crippen molar-refractivity contribution in [3.05, 3.63) is 66.2 Å². The molecule has 0 saturated heterocycles. The minimum absolute atomic E-state index is 0.223. The number of likely N-dealkylation sites (N-methyl/N-ethyl adjacent to an activating group) is 1. The molecule has 0 amide bonds. The van der Waals surface area contributed by atoms with E-state index in [1.807, 2.05) is 24.1 Å². The Balaban J connectivity index is 1.69. The normalized spacial score (nSPS) is 11.9. The Hall–Kier alpha value is -3.69. The predicted octanol–water partition coefficient (Wildman–Crippen LogP) is 3.98. The molecule has 0 aliphatic carbocycles.